The Bertz CT molecular complexity index is 865. The fraction of sp³-hybridized carbons (Fsp3) is 0.278. The molecule has 4 rings (SSSR count). The number of carbonyl (C=O) groups is 1. The zero-order valence-electron chi connectivity index (χ0n) is 13.6. The summed E-state index contributed by atoms with van der Waals surface area (Å²) in [5, 5.41) is 8.43. The Hall–Kier alpha value is -2.89. The summed E-state index contributed by atoms with van der Waals surface area (Å²) in [6.45, 7) is 4.03. The average Bonchev–Trinajstić information content (AvgIpc) is 3.30. The first-order chi connectivity index (χ1) is 11.8. The third kappa shape index (κ3) is 2.50. The van der Waals surface area contributed by atoms with E-state index in [1.54, 1.807) is 0 Å². The average molecular weight is 321 g/mol. The van der Waals surface area contributed by atoms with E-state index in [-0.39, 0.29) is 5.91 Å². The fourth-order valence-corrected chi connectivity index (χ4v) is 3.14. The van der Waals surface area contributed by atoms with Crippen LogP contribution in [-0.2, 0) is 19.5 Å². The largest absolute Gasteiger partial charge is 0.329 e. The first-order valence-electron chi connectivity index (χ1n) is 8.20. The summed E-state index contributed by atoms with van der Waals surface area (Å²) < 4.78 is 4.12. The van der Waals surface area contributed by atoms with Gasteiger partial charge in [0.25, 0.3) is 5.91 Å². The highest BCUT2D eigenvalue weighted by molar-refractivity contribution is 5.94. The normalized spacial score (nSPS) is 13.8. The van der Waals surface area contributed by atoms with Gasteiger partial charge < -0.3 is 14.0 Å². The predicted molar refractivity (Wildman–Crippen MR) is 89.9 cm³/mol. The summed E-state index contributed by atoms with van der Waals surface area (Å²) in [4.78, 5) is 14.7. The van der Waals surface area contributed by atoms with E-state index in [1.807, 2.05) is 58.3 Å². The molecule has 0 fully saturated rings. The van der Waals surface area contributed by atoms with Gasteiger partial charge in [-0.15, -0.1) is 10.2 Å². The van der Waals surface area contributed by atoms with Crippen molar-refractivity contribution in [3.63, 3.8) is 0 Å². The Morgan fingerprint density at radius 2 is 1.96 bits per heavy atom. The molecule has 0 spiro atoms. The monoisotopic (exact) mass is 321 g/mol. The molecular weight excluding hydrogens is 302 g/mol. The van der Waals surface area contributed by atoms with Gasteiger partial charge in [-0.3, -0.25) is 4.79 Å². The highest BCUT2D eigenvalue weighted by Crippen LogP contribution is 2.18. The van der Waals surface area contributed by atoms with Crippen LogP contribution in [0.15, 0.2) is 48.8 Å². The highest BCUT2D eigenvalue weighted by Gasteiger charge is 2.24. The standard InChI is InChI=1S/C18H19N5O/c1-2-16-19-20-17-13-22(10-11-23(16)17)18(24)14-6-5-7-15(12-14)21-8-3-4-9-21/h3-9,12H,2,10-11,13H2,1H3. The molecule has 3 heterocycles. The molecule has 3 aromatic rings. The number of carbonyl (C=O) groups excluding carboxylic acids is 1. The van der Waals surface area contributed by atoms with Gasteiger partial charge in [-0.25, -0.2) is 0 Å². The molecule has 0 saturated carbocycles. The van der Waals surface area contributed by atoms with Gasteiger partial charge in [0, 0.05) is 43.2 Å². The van der Waals surface area contributed by atoms with Crippen LogP contribution in [0, 0.1) is 0 Å². The lowest BCUT2D eigenvalue weighted by molar-refractivity contribution is 0.0706. The maximum Gasteiger partial charge on any atom is 0.254 e. The van der Waals surface area contributed by atoms with Gasteiger partial charge >= 0.3 is 0 Å². The minimum atomic E-state index is 0.0382. The van der Waals surface area contributed by atoms with Crippen LogP contribution >= 0.6 is 0 Å². The summed E-state index contributed by atoms with van der Waals surface area (Å²) in [5.74, 6) is 1.90. The summed E-state index contributed by atoms with van der Waals surface area (Å²) in [6, 6.07) is 11.7. The van der Waals surface area contributed by atoms with Crippen LogP contribution < -0.4 is 0 Å². The molecule has 6 nitrogen and oxygen atoms in total. The van der Waals surface area contributed by atoms with E-state index in [9.17, 15) is 4.79 Å². The van der Waals surface area contributed by atoms with Crippen LogP contribution in [0.1, 0.15) is 28.9 Å². The number of hydrogen-bond acceptors (Lipinski definition) is 3. The van der Waals surface area contributed by atoms with Crippen molar-refractivity contribution >= 4 is 5.91 Å². The Morgan fingerprint density at radius 3 is 2.75 bits per heavy atom. The SMILES string of the molecule is CCc1nnc2n1CCN(C(=O)c1cccc(-n3cccc3)c1)C2. The first-order valence-corrected chi connectivity index (χ1v) is 8.20. The summed E-state index contributed by atoms with van der Waals surface area (Å²) in [7, 11) is 0. The number of aromatic nitrogens is 4. The predicted octanol–water partition coefficient (Wildman–Crippen LogP) is 2.29. The van der Waals surface area contributed by atoms with E-state index >= 15 is 0 Å². The van der Waals surface area contributed by atoms with E-state index < -0.39 is 0 Å². The van der Waals surface area contributed by atoms with Crippen molar-refractivity contribution in [3.8, 4) is 5.69 Å². The minimum absolute atomic E-state index is 0.0382. The first kappa shape index (κ1) is 14.7. The number of hydrogen-bond donors (Lipinski definition) is 0. The van der Waals surface area contributed by atoms with Crippen molar-refractivity contribution < 1.29 is 4.79 Å². The minimum Gasteiger partial charge on any atom is -0.329 e. The molecule has 24 heavy (non-hydrogen) atoms. The second-order valence-electron chi connectivity index (χ2n) is 5.90. The number of nitrogens with zero attached hydrogens (tertiary/aromatic N) is 5. The van der Waals surface area contributed by atoms with Gasteiger partial charge in [0.05, 0.1) is 6.54 Å². The maximum absolute atomic E-state index is 12.9. The molecular formula is C18H19N5O. The molecule has 1 aromatic carbocycles. The molecule has 122 valence electrons. The molecule has 0 radical (unpaired) electrons. The van der Waals surface area contributed by atoms with Gasteiger partial charge in [-0.2, -0.15) is 0 Å². The fourth-order valence-electron chi connectivity index (χ4n) is 3.14. The van der Waals surface area contributed by atoms with E-state index in [4.69, 9.17) is 0 Å². The molecule has 0 atom stereocenters. The van der Waals surface area contributed by atoms with Crippen LogP contribution in [0.25, 0.3) is 5.69 Å². The Labute approximate surface area is 140 Å². The lowest BCUT2D eigenvalue weighted by Gasteiger charge is -2.28. The van der Waals surface area contributed by atoms with Crippen LogP contribution in [0.3, 0.4) is 0 Å². The third-order valence-corrected chi connectivity index (χ3v) is 4.43. The molecule has 2 aromatic heterocycles. The number of benzene rings is 1. The zero-order chi connectivity index (χ0) is 16.5. The number of amides is 1. The van der Waals surface area contributed by atoms with Crippen LogP contribution in [0.4, 0.5) is 0 Å². The quantitative estimate of drug-likeness (QED) is 0.744. The molecule has 6 heteroatoms. The van der Waals surface area contributed by atoms with E-state index in [0.717, 1.165) is 30.3 Å². The van der Waals surface area contributed by atoms with Crippen LogP contribution in [0.5, 0.6) is 0 Å². The molecule has 1 aliphatic heterocycles. The maximum atomic E-state index is 12.9. The molecule has 1 amide bonds. The molecule has 0 bridgehead atoms. The van der Waals surface area contributed by atoms with Gasteiger partial charge in [0.1, 0.15) is 5.82 Å². The van der Waals surface area contributed by atoms with Crippen molar-refractivity contribution in [2.75, 3.05) is 6.54 Å². The van der Waals surface area contributed by atoms with Crippen molar-refractivity contribution in [1.29, 1.82) is 0 Å². The lowest BCUT2D eigenvalue weighted by atomic mass is 10.1. The zero-order valence-corrected chi connectivity index (χ0v) is 13.6. The smallest absolute Gasteiger partial charge is 0.254 e. The van der Waals surface area contributed by atoms with Crippen molar-refractivity contribution in [2.24, 2.45) is 0 Å². The Kier molecular flexibility index (Phi) is 3.65. The molecule has 0 N–H and O–H groups in total. The van der Waals surface area contributed by atoms with Crippen molar-refractivity contribution in [2.45, 2.75) is 26.4 Å². The topological polar surface area (TPSA) is 56.0 Å². The summed E-state index contributed by atoms with van der Waals surface area (Å²) >= 11 is 0. The van der Waals surface area contributed by atoms with Gasteiger partial charge in [0.15, 0.2) is 5.82 Å². The number of fused-ring (bicyclic) bond motifs is 1. The second-order valence-corrected chi connectivity index (χ2v) is 5.90. The van der Waals surface area contributed by atoms with E-state index in [2.05, 4.69) is 21.7 Å². The lowest BCUT2D eigenvalue weighted by Crippen LogP contribution is -2.38. The van der Waals surface area contributed by atoms with E-state index in [0.29, 0.717) is 18.7 Å². The highest BCUT2D eigenvalue weighted by atomic mass is 16.2. The Balaban J connectivity index is 1.57. The molecule has 0 aliphatic carbocycles. The van der Waals surface area contributed by atoms with Crippen LogP contribution in [0.2, 0.25) is 0 Å². The third-order valence-electron chi connectivity index (χ3n) is 4.43. The number of rotatable bonds is 3. The Morgan fingerprint density at radius 1 is 1.12 bits per heavy atom. The number of aryl methyl sites for hydroxylation is 1. The van der Waals surface area contributed by atoms with Crippen molar-refractivity contribution in [3.05, 3.63) is 66.0 Å². The van der Waals surface area contributed by atoms with Gasteiger partial charge in [-0.1, -0.05) is 13.0 Å². The molecule has 0 unspecified atom stereocenters. The van der Waals surface area contributed by atoms with Crippen LogP contribution in [-0.4, -0.2) is 36.7 Å². The molecule has 0 saturated heterocycles. The van der Waals surface area contributed by atoms with Crippen molar-refractivity contribution in [1.82, 2.24) is 24.2 Å². The summed E-state index contributed by atoms with van der Waals surface area (Å²) in [6.07, 6.45) is 4.80. The molecule has 1 aliphatic rings. The second kappa shape index (κ2) is 5.96. The van der Waals surface area contributed by atoms with E-state index in [1.165, 1.54) is 0 Å². The van der Waals surface area contributed by atoms with Gasteiger partial charge in [-0.05, 0) is 30.3 Å². The van der Waals surface area contributed by atoms with Gasteiger partial charge in [0.2, 0.25) is 0 Å². The summed E-state index contributed by atoms with van der Waals surface area (Å²) in [5.41, 5.74) is 1.68.